The van der Waals surface area contributed by atoms with Crippen molar-refractivity contribution in [2.24, 2.45) is 5.92 Å². The van der Waals surface area contributed by atoms with E-state index >= 15 is 0 Å². The van der Waals surface area contributed by atoms with Crippen LogP contribution in [-0.4, -0.2) is 6.54 Å². The maximum absolute atomic E-state index is 3.26. The highest BCUT2D eigenvalue weighted by atomic mass is 15.3. The van der Waals surface area contributed by atoms with Crippen LogP contribution in [0.3, 0.4) is 0 Å². The largest absolute Gasteiger partial charge is 0.360 e. The molecule has 1 N–H and O–H groups in total. The van der Waals surface area contributed by atoms with Gasteiger partial charge in [0, 0.05) is 6.54 Å². The quantitative estimate of drug-likeness (QED) is 0.743. The predicted molar refractivity (Wildman–Crippen MR) is 56.5 cm³/mol. The lowest BCUT2D eigenvalue weighted by Crippen LogP contribution is -2.22. The third-order valence-electron chi connectivity index (χ3n) is 2.15. The highest BCUT2D eigenvalue weighted by Gasteiger charge is 2.18. The Labute approximate surface area is 79.6 Å². The molecule has 0 amide bonds. The summed E-state index contributed by atoms with van der Waals surface area (Å²) in [5.74, 6) is 0.684. The first-order chi connectivity index (χ1) is 6.27. The van der Waals surface area contributed by atoms with Crippen LogP contribution in [0.1, 0.15) is 13.8 Å². The van der Waals surface area contributed by atoms with E-state index < -0.39 is 0 Å². The number of benzene rings is 1. The molecule has 1 aliphatic rings. The molecule has 0 saturated heterocycles. The molecule has 0 unspecified atom stereocenters. The topological polar surface area (TPSA) is 15.3 Å². The van der Waals surface area contributed by atoms with Gasteiger partial charge in [0.25, 0.3) is 0 Å². The molecule has 1 aliphatic heterocycles. The highest BCUT2D eigenvalue weighted by molar-refractivity contribution is 5.76. The minimum atomic E-state index is 0.684. The first-order valence-electron chi connectivity index (χ1n) is 4.73. The number of hydrogen-bond donors (Lipinski definition) is 1. The summed E-state index contributed by atoms with van der Waals surface area (Å²) < 4.78 is 0. The van der Waals surface area contributed by atoms with Gasteiger partial charge < -0.3 is 10.2 Å². The minimum absolute atomic E-state index is 0.684. The molecular formula is C11H15N2. The Hall–Kier alpha value is -1.18. The molecule has 13 heavy (non-hydrogen) atoms. The van der Waals surface area contributed by atoms with Crippen LogP contribution in [0.15, 0.2) is 24.3 Å². The lowest BCUT2D eigenvalue weighted by Gasteiger charge is -2.19. The summed E-state index contributed by atoms with van der Waals surface area (Å²) in [4.78, 5) is 2.26. The Bertz CT molecular complexity index is 294. The van der Waals surface area contributed by atoms with Gasteiger partial charge in [0.05, 0.1) is 11.4 Å². The molecule has 0 aromatic heterocycles. The first kappa shape index (κ1) is 8.42. The molecule has 2 heteroatoms. The Morgan fingerprint density at radius 1 is 1.31 bits per heavy atom. The molecule has 0 fully saturated rings. The Morgan fingerprint density at radius 2 is 2.08 bits per heavy atom. The number of fused-ring (bicyclic) bond motifs is 1. The fourth-order valence-corrected chi connectivity index (χ4v) is 1.61. The van der Waals surface area contributed by atoms with Gasteiger partial charge in [0.1, 0.15) is 6.67 Å². The maximum atomic E-state index is 3.26. The number of nitrogens with one attached hydrogen (secondary N) is 1. The van der Waals surface area contributed by atoms with Crippen LogP contribution in [0.5, 0.6) is 0 Å². The molecule has 1 aromatic carbocycles. The summed E-state index contributed by atoms with van der Waals surface area (Å²) in [6.07, 6.45) is 0. The van der Waals surface area contributed by atoms with Gasteiger partial charge in [-0.05, 0) is 18.1 Å². The van der Waals surface area contributed by atoms with Crippen molar-refractivity contribution >= 4 is 11.4 Å². The number of anilines is 2. The zero-order valence-electron chi connectivity index (χ0n) is 8.12. The van der Waals surface area contributed by atoms with E-state index in [9.17, 15) is 0 Å². The van der Waals surface area contributed by atoms with E-state index in [1.165, 1.54) is 11.4 Å². The molecular weight excluding hydrogens is 160 g/mol. The van der Waals surface area contributed by atoms with Crippen molar-refractivity contribution in [3.05, 3.63) is 30.9 Å². The second-order valence-electron chi connectivity index (χ2n) is 3.84. The predicted octanol–water partition coefficient (Wildman–Crippen LogP) is 2.69. The van der Waals surface area contributed by atoms with Crippen LogP contribution in [0.4, 0.5) is 11.4 Å². The molecule has 2 rings (SSSR count). The van der Waals surface area contributed by atoms with E-state index in [0.29, 0.717) is 5.92 Å². The molecule has 0 saturated carbocycles. The van der Waals surface area contributed by atoms with Crippen LogP contribution in [-0.2, 0) is 0 Å². The summed E-state index contributed by atoms with van der Waals surface area (Å²) in [7, 11) is 0. The Morgan fingerprint density at radius 3 is 2.85 bits per heavy atom. The summed E-state index contributed by atoms with van der Waals surface area (Å²) in [6, 6.07) is 8.38. The van der Waals surface area contributed by atoms with E-state index in [0.717, 1.165) is 6.54 Å². The van der Waals surface area contributed by atoms with Crippen molar-refractivity contribution in [2.45, 2.75) is 13.8 Å². The normalized spacial score (nSPS) is 14.5. The van der Waals surface area contributed by atoms with Gasteiger partial charge in [-0.25, -0.2) is 0 Å². The average Bonchev–Trinajstić information content (AvgIpc) is 2.48. The lowest BCUT2D eigenvalue weighted by atomic mass is 10.2. The van der Waals surface area contributed by atoms with Crippen LogP contribution in [0.2, 0.25) is 0 Å². The summed E-state index contributed by atoms with van der Waals surface area (Å²) in [5, 5.41) is 3.26. The minimum Gasteiger partial charge on any atom is -0.360 e. The van der Waals surface area contributed by atoms with Gasteiger partial charge in [-0.2, -0.15) is 0 Å². The molecule has 1 heterocycles. The molecule has 0 atom stereocenters. The lowest BCUT2D eigenvalue weighted by molar-refractivity contribution is 0.643. The van der Waals surface area contributed by atoms with E-state index in [-0.39, 0.29) is 0 Å². The van der Waals surface area contributed by atoms with Crippen LogP contribution in [0.25, 0.3) is 0 Å². The molecule has 0 spiro atoms. The Balaban J connectivity index is 2.18. The fourth-order valence-electron chi connectivity index (χ4n) is 1.61. The average molecular weight is 175 g/mol. The van der Waals surface area contributed by atoms with Crippen molar-refractivity contribution in [3.8, 4) is 0 Å². The smallest absolute Gasteiger partial charge is 0.139 e. The standard InChI is InChI=1S/C11H15N2/c1-9(2)7-13-8-12-10-5-3-4-6-11(10)13/h3-6,8-9,12H,7H2,1-2H3. The SMILES string of the molecule is CC(C)CN1[CH]Nc2ccccc21. The molecule has 1 aromatic rings. The van der Waals surface area contributed by atoms with Gasteiger partial charge in [-0.15, -0.1) is 0 Å². The number of nitrogens with zero attached hydrogens (tertiary/aromatic N) is 1. The zero-order valence-corrected chi connectivity index (χ0v) is 8.12. The van der Waals surface area contributed by atoms with Crippen molar-refractivity contribution < 1.29 is 0 Å². The first-order valence-corrected chi connectivity index (χ1v) is 4.73. The summed E-state index contributed by atoms with van der Waals surface area (Å²) >= 11 is 0. The molecule has 2 nitrogen and oxygen atoms in total. The number of hydrogen-bond acceptors (Lipinski definition) is 2. The third-order valence-corrected chi connectivity index (χ3v) is 2.15. The van der Waals surface area contributed by atoms with Gasteiger partial charge in [0.15, 0.2) is 0 Å². The van der Waals surface area contributed by atoms with Crippen molar-refractivity contribution in [3.63, 3.8) is 0 Å². The van der Waals surface area contributed by atoms with Gasteiger partial charge in [-0.3, -0.25) is 0 Å². The van der Waals surface area contributed by atoms with Crippen LogP contribution in [0, 0.1) is 12.6 Å². The fraction of sp³-hybridized carbons (Fsp3) is 0.364. The van der Waals surface area contributed by atoms with E-state index in [1.807, 2.05) is 6.67 Å². The number of rotatable bonds is 2. The van der Waals surface area contributed by atoms with Crippen molar-refractivity contribution in [1.82, 2.24) is 0 Å². The van der Waals surface area contributed by atoms with Crippen molar-refractivity contribution in [2.75, 3.05) is 16.8 Å². The van der Waals surface area contributed by atoms with E-state index in [2.05, 4.69) is 48.3 Å². The summed E-state index contributed by atoms with van der Waals surface area (Å²) in [6.45, 7) is 7.58. The number of para-hydroxylation sites is 2. The Kier molecular flexibility index (Phi) is 2.13. The van der Waals surface area contributed by atoms with Gasteiger partial charge in [0.2, 0.25) is 0 Å². The third kappa shape index (κ3) is 1.62. The van der Waals surface area contributed by atoms with Crippen molar-refractivity contribution in [1.29, 1.82) is 0 Å². The molecule has 1 radical (unpaired) electrons. The maximum Gasteiger partial charge on any atom is 0.139 e. The van der Waals surface area contributed by atoms with Gasteiger partial charge >= 0.3 is 0 Å². The zero-order chi connectivity index (χ0) is 9.26. The molecule has 69 valence electrons. The second-order valence-corrected chi connectivity index (χ2v) is 3.84. The van der Waals surface area contributed by atoms with E-state index in [1.54, 1.807) is 0 Å². The van der Waals surface area contributed by atoms with Crippen LogP contribution < -0.4 is 10.2 Å². The van der Waals surface area contributed by atoms with Crippen LogP contribution >= 0.6 is 0 Å². The monoisotopic (exact) mass is 175 g/mol. The molecule has 0 bridgehead atoms. The van der Waals surface area contributed by atoms with Gasteiger partial charge in [-0.1, -0.05) is 26.0 Å². The molecule has 0 aliphatic carbocycles. The van der Waals surface area contributed by atoms with E-state index in [4.69, 9.17) is 0 Å². The highest BCUT2D eigenvalue weighted by Crippen LogP contribution is 2.32. The summed E-state index contributed by atoms with van der Waals surface area (Å²) in [5.41, 5.74) is 2.50. The second kappa shape index (κ2) is 3.29.